The molecule has 0 aliphatic rings. The van der Waals surface area contributed by atoms with E-state index in [9.17, 15) is 4.79 Å². The molecule has 4 heteroatoms. The van der Waals surface area contributed by atoms with Crippen molar-refractivity contribution >= 4 is 12.0 Å². The predicted molar refractivity (Wildman–Crippen MR) is 42.6 cm³/mol. The summed E-state index contributed by atoms with van der Waals surface area (Å²) >= 11 is 0. The molecule has 1 aromatic rings. The Bertz CT molecular complexity index is 290. The Morgan fingerprint density at radius 3 is 3.17 bits per heavy atom. The van der Waals surface area contributed by atoms with Crippen LogP contribution in [-0.4, -0.2) is 17.7 Å². The molecule has 0 saturated heterocycles. The molecule has 0 saturated carbocycles. The molecule has 0 N–H and O–H groups in total. The minimum atomic E-state index is -0.477. The Balaban J connectivity index is 2.74. The van der Waals surface area contributed by atoms with Crippen LogP contribution >= 0.6 is 0 Å². The van der Waals surface area contributed by atoms with Gasteiger partial charge in [-0.3, -0.25) is 0 Å². The minimum Gasteiger partial charge on any atom is -0.461 e. The van der Waals surface area contributed by atoms with Crippen LogP contribution in [0, 0.1) is 0 Å². The van der Waals surface area contributed by atoms with E-state index in [0.717, 1.165) is 0 Å². The topological polar surface area (TPSA) is 52.3 Å². The van der Waals surface area contributed by atoms with Gasteiger partial charge < -0.3 is 9.26 Å². The molecule has 0 bridgehead atoms. The molecular weight excluding hydrogens is 158 g/mol. The van der Waals surface area contributed by atoms with Gasteiger partial charge in [-0.2, -0.15) is 0 Å². The number of carbonyl (C=O) groups is 1. The summed E-state index contributed by atoms with van der Waals surface area (Å²) in [6, 6.07) is 1.48. The standard InChI is InChI=1S/C8H9NO3/c1-3-6-5-7(9-12-6)8(10)11-4-2/h3,5H,1,4H2,2H3. The molecule has 0 aromatic carbocycles. The Morgan fingerprint density at radius 1 is 1.92 bits per heavy atom. The Kier molecular flexibility index (Phi) is 2.63. The molecule has 1 rings (SSSR count). The number of aromatic nitrogens is 1. The van der Waals surface area contributed by atoms with Crippen molar-refractivity contribution in [2.45, 2.75) is 6.92 Å². The highest BCUT2D eigenvalue weighted by Gasteiger charge is 2.11. The van der Waals surface area contributed by atoms with Crippen molar-refractivity contribution < 1.29 is 14.1 Å². The number of rotatable bonds is 3. The fourth-order valence-corrected chi connectivity index (χ4v) is 0.687. The zero-order chi connectivity index (χ0) is 8.97. The minimum absolute atomic E-state index is 0.173. The highest BCUT2D eigenvalue weighted by Crippen LogP contribution is 2.05. The van der Waals surface area contributed by atoms with Crippen LogP contribution in [0.1, 0.15) is 23.2 Å². The lowest BCUT2D eigenvalue weighted by Gasteiger charge is -1.94. The van der Waals surface area contributed by atoms with Crippen LogP contribution in [0.25, 0.3) is 6.08 Å². The second-order valence-corrected chi connectivity index (χ2v) is 2.04. The van der Waals surface area contributed by atoms with Crippen LogP contribution in [0.5, 0.6) is 0 Å². The Morgan fingerprint density at radius 2 is 2.67 bits per heavy atom. The second kappa shape index (κ2) is 3.71. The fraction of sp³-hybridized carbons (Fsp3) is 0.250. The summed E-state index contributed by atoms with van der Waals surface area (Å²) in [5, 5.41) is 3.48. The number of ether oxygens (including phenoxy) is 1. The van der Waals surface area contributed by atoms with Crippen molar-refractivity contribution in [2.24, 2.45) is 0 Å². The molecule has 12 heavy (non-hydrogen) atoms. The molecule has 0 aliphatic carbocycles. The van der Waals surface area contributed by atoms with E-state index in [0.29, 0.717) is 12.4 Å². The molecule has 0 atom stereocenters. The van der Waals surface area contributed by atoms with Crippen molar-refractivity contribution in [1.29, 1.82) is 0 Å². The van der Waals surface area contributed by atoms with Gasteiger partial charge in [0.15, 0.2) is 11.5 Å². The highest BCUT2D eigenvalue weighted by molar-refractivity contribution is 5.87. The number of hydrogen-bond donors (Lipinski definition) is 0. The average molecular weight is 167 g/mol. The number of esters is 1. The van der Waals surface area contributed by atoms with Crippen LogP contribution in [0.15, 0.2) is 17.2 Å². The van der Waals surface area contributed by atoms with Crippen LogP contribution in [0.3, 0.4) is 0 Å². The van der Waals surface area contributed by atoms with Gasteiger partial charge in [-0.05, 0) is 13.0 Å². The fourth-order valence-electron chi connectivity index (χ4n) is 0.687. The largest absolute Gasteiger partial charge is 0.461 e. The maximum absolute atomic E-state index is 11.0. The third-order valence-corrected chi connectivity index (χ3v) is 1.21. The predicted octanol–water partition coefficient (Wildman–Crippen LogP) is 1.49. The van der Waals surface area contributed by atoms with Crippen molar-refractivity contribution in [2.75, 3.05) is 6.61 Å². The molecule has 4 nitrogen and oxygen atoms in total. The van der Waals surface area contributed by atoms with Crippen molar-refractivity contribution in [3.8, 4) is 0 Å². The van der Waals surface area contributed by atoms with E-state index in [1.54, 1.807) is 6.92 Å². The number of nitrogens with zero attached hydrogens (tertiary/aromatic N) is 1. The van der Waals surface area contributed by atoms with Crippen molar-refractivity contribution in [3.05, 3.63) is 24.1 Å². The van der Waals surface area contributed by atoms with Gasteiger partial charge in [0.25, 0.3) is 0 Å². The van der Waals surface area contributed by atoms with Crippen LogP contribution < -0.4 is 0 Å². The van der Waals surface area contributed by atoms with E-state index in [1.807, 2.05) is 0 Å². The molecule has 0 fully saturated rings. The molecule has 64 valence electrons. The van der Waals surface area contributed by atoms with Gasteiger partial charge in [-0.1, -0.05) is 11.7 Å². The SMILES string of the molecule is C=Cc1cc(C(=O)OCC)no1. The van der Waals surface area contributed by atoms with E-state index >= 15 is 0 Å². The second-order valence-electron chi connectivity index (χ2n) is 2.04. The highest BCUT2D eigenvalue weighted by atomic mass is 16.5. The zero-order valence-electron chi connectivity index (χ0n) is 6.74. The quantitative estimate of drug-likeness (QED) is 0.640. The Hall–Kier alpha value is -1.58. The summed E-state index contributed by atoms with van der Waals surface area (Å²) < 4.78 is 9.40. The first-order valence-electron chi connectivity index (χ1n) is 3.54. The third-order valence-electron chi connectivity index (χ3n) is 1.21. The van der Waals surface area contributed by atoms with E-state index in [4.69, 9.17) is 9.26 Å². The Labute approximate surface area is 69.8 Å². The van der Waals surface area contributed by atoms with E-state index in [2.05, 4.69) is 11.7 Å². The van der Waals surface area contributed by atoms with Gasteiger partial charge in [-0.15, -0.1) is 0 Å². The first kappa shape index (κ1) is 8.52. The molecule has 0 unspecified atom stereocenters. The molecule has 0 spiro atoms. The summed E-state index contributed by atoms with van der Waals surface area (Å²) in [5.41, 5.74) is 0.173. The molecular formula is C8H9NO3. The number of carbonyl (C=O) groups excluding carboxylic acids is 1. The van der Waals surface area contributed by atoms with Crippen LogP contribution in [0.4, 0.5) is 0 Å². The molecule has 1 heterocycles. The normalized spacial score (nSPS) is 9.42. The maximum Gasteiger partial charge on any atom is 0.360 e. The van der Waals surface area contributed by atoms with E-state index in [-0.39, 0.29) is 5.69 Å². The van der Waals surface area contributed by atoms with Gasteiger partial charge in [0, 0.05) is 6.07 Å². The first-order valence-corrected chi connectivity index (χ1v) is 3.54. The number of hydrogen-bond acceptors (Lipinski definition) is 4. The van der Waals surface area contributed by atoms with Gasteiger partial charge in [0.1, 0.15) is 0 Å². The molecule has 0 aliphatic heterocycles. The summed E-state index contributed by atoms with van der Waals surface area (Å²) in [5.74, 6) is -0.0209. The summed E-state index contributed by atoms with van der Waals surface area (Å²) in [7, 11) is 0. The van der Waals surface area contributed by atoms with Crippen molar-refractivity contribution in [1.82, 2.24) is 5.16 Å². The lowest BCUT2D eigenvalue weighted by Crippen LogP contribution is -2.04. The van der Waals surface area contributed by atoms with E-state index < -0.39 is 5.97 Å². The lowest BCUT2D eigenvalue weighted by molar-refractivity contribution is 0.0514. The maximum atomic E-state index is 11.0. The monoisotopic (exact) mass is 167 g/mol. The smallest absolute Gasteiger partial charge is 0.360 e. The van der Waals surface area contributed by atoms with Crippen LogP contribution in [-0.2, 0) is 4.74 Å². The van der Waals surface area contributed by atoms with Gasteiger partial charge in [-0.25, -0.2) is 4.79 Å². The van der Waals surface area contributed by atoms with Gasteiger partial charge in [0.05, 0.1) is 6.61 Å². The van der Waals surface area contributed by atoms with Crippen molar-refractivity contribution in [3.63, 3.8) is 0 Å². The summed E-state index contributed by atoms with van der Waals surface area (Å²) in [4.78, 5) is 11.0. The molecule has 1 aromatic heterocycles. The molecule has 0 radical (unpaired) electrons. The summed E-state index contributed by atoms with van der Waals surface area (Å²) in [6.07, 6.45) is 1.47. The van der Waals surface area contributed by atoms with Crippen LogP contribution in [0.2, 0.25) is 0 Å². The first-order chi connectivity index (χ1) is 5.77. The van der Waals surface area contributed by atoms with Gasteiger partial charge in [0.2, 0.25) is 0 Å². The molecule has 0 amide bonds. The third kappa shape index (κ3) is 1.72. The van der Waals surface area contributed by atoms with E-state index in [1.165, 1.54) is 12.1 Å². The van der Waals surface area contributed by atoms with Gasteiger partial charge >= 0.3 is 5.97 Å². The lowest BCUT2D eigenvalue weighted by atomic mass is 10.3. The average Bonchev–Trinajstić information content (AvgIpc) is 2.52. The summed E-state index contributed by atoms with van der Waals surface area (Å²) in [6.45, 7) is 5.52. The zero-order valence-corrected chi connectivity index (χ0v) is 6.74.